The van der Waals surface area contributed by atoms with Crippen molar-refractivity contribution in [3.05, 3.63) is 41.0 Å². The molecule has 1 fully saturated rings. The summed E-state index contributed by atoms with van der Waals surface area (Å²) in [6.07, 6.45) is 11.8. The van der Waals surface area contributed by atoms with Gasteiger partial charge in [0.2, 0.25) is 0 Å². The molecule has 0 saturated heterocycles. The molecule has 2 aliphatic rings. The highest BCUT2D eigenvalue weighted by atomic mass is 16.1. The summed E-state index contributed by atoms with van der Waals surface area (Å²) in [6.45, 7) is 1.83. The van der Waals surface area contributed by atoms with Crippen molar-refractivity contribution in [1.29, 1.82) is 0 Å². The van der Waals surface area contributed by atoms with E-state index in [1.54, 1.807) is 6.20 Å². The Morgan fingerprint density at radius 1 is 1.23 bits per heavy atom. The van der Waals surface area contributed by atoms with Gasteiger partial charge in [0.25, 0.3) is 5.56 Å². The molecule has 4 rings (SSSR count). The van der Waals surface area contributed by atoms with Gasteiger partial charge in [-0.2, -0.15) is 0 Å². The van der Waals surface area contributed by atoms with Crippen LogP contribution in [0, 0.1) is 5.92 Å². The lowest BCUT2D eigenvalue weighted by molar-refractivity contribution is 0.368. The van der Waals surface area contributed by atoms with Crippen LogP contribution in [0.25, 0.3) is 0 Å². The van der Waals surface area contributed by atoms with Gasteiger partial charge in [-0.1, -0.05) is 0 Å². The van der Waals surface area contributed by atoms with Crippen LogP contribution in [0.4, 0.5) is 5.82 Å². The molecular weight excluding hydrogens is 278 g/mol. The van der Waals surface area contributed by atoms with Crippen LogP contribution in [0.2, 0.25) is 0 Å². The van der Waals surface area contributed by atoms with Crippen LogP contribution in [-0.4, -0.2) is 32.7 Å². The summed E-state index contributed by atoms with van der Waals surface area (Å²) in [7, 11) is 1.98. The Hall–Kier alpha value is -2.11. The predicted molar refractivity (Wildman–Crippen MR) is 84.1 cm³/mol. The lowest BCUT2D eigenvalue weighted by Crippen LogP contribution is -2.36. The summed E-state index contributed by atoms with van der Waals surface area (Å²) in [5.41, 5.74) is 0.0478. The molecule has 3 heterocycles. The first-order chi connectivity index (χ1) is 10.7. The van der Waals surface area contributed by atoms with Gasteiger partial charge in [0.15, 0.2) is 5.82 Å². The molecule has 1 unspecified atom stereocenters. The van der Waals surface area contributed by atoms with E-state index >= 15 is 0 Å². The van der Waals surface area contributed by atoms with Crippen LogP contribution in [0.1, 0.15) is 31.1 Å². The number of imidazole rings is 1. The average molecular weight is 299 g/mol. The second-order valence-electron chi connectivity index (χ2n) is 6.48. The molecule has 22 heavy (non-hydrogen) atoms. The highest BCUT2D eigenvalue weighted by Gasteiger charge is 2.27. The fraction of sp³-hybridized carbons (Fsp3) is 0.562. The quantitative estimate of drug-likeness (QED) is 0.858. The molecular formula is C16H21N5O. The average Bonchev–Trinajstić information content (AvgIpc) is 3.25. The van der Waals surface area contributed by atoms with Gasteiger partial charge in [-0.25, -0.2) is 9.97 Å². The van der Waals surface area contributed by atoms with Crippen molar-refractivity contribution in [2.75, 3.05) is 18.5 Å². The van der Waals surface area contributed by atoms with Gasteiger partial charge in [0, 0.05) is 57.4 Å². The molecule has 0 bridgehead atoms. The van der Waals surface area contributed by atoms with E-state index in [1.807, 2.05) is 35.1 Å². The van der Waals surface area contributed by atoms with Gasteiger partial charge >= 0.3 is 0 Å². The Bertz CT molecular complexity index is 730. The largest absolute Gasteiger partial charge is 0.355 e. The van der Waals surface area contributed by atoms with E-state index in [-0.39, 0.29) is 5.56 Å². The fourth-order valence-electron chi connectivity index (χ4n) is 3.38. The minimum Gasteiger partial charge on any atom is -0.355 e. The molecule has 0 spiro atoms. The zero-order valence-electron chi connectivity index (χ0n) is 12.9. The van der Waals surface area contributed by atoms with Crippen LogP contribution in [0.15, 0.2) is 29.6 Å². The molecule has 6 heteroatoms. The van der Waals surface area contributed by atoms with Crippen molar-refractivity contribution < 1.29 is 0 Å². The lowest BCUT2D eigenvalue weighted by atomic mass is 9.99. The normalized spacial score (nSPS) is 20.7. The minimum absolute atomic E-state index is 0.0478. The first kappa shape index (κ1) is 13.5. The van der Waals surface area contributed by atoms with Crippen LogP contribution >= 0.6 is 0 Å². The van der Waals surface area contributed by atoms with E-state index in [1.165, 1.54) is 5.82 Å². The molecule has 0 aromatic carbocycles. The maximum atomic E-state index is 12.5. The van der Waals surface area contributed by atoms with Gasteiger partial charge in [0.05, 0.1) is 0 Å². The molecule has 0 amide bonds. The van der Waals surface area contributed by atoms with Crippen LogP contribution in [0.3, 0.4) is 0 Å². The highest BCUT2D eigenvalue weighted by molar-refractivity contribution is 5.34. The van der Waals surface area contributed by atoms with E-state index in [4.69, 9.17) is 0 Å². The smallest absolute Gasteiger partial charge is 0.293 e. The zero-order chi connectivity index (χ0) is 15.1. The molecule has 6 nitrogen and oxygen atoms in total. The summed E-state index contributed by atoms with van der Waals surface area (Å²) < 4.78 is 4.07. The van der Waals surface area contributed by atoms with Gasteiger partial charge in [-0.15, -0.1) is 0 Å². The van der Waals surface area contributed by atoms with Gasteiger partial charge in [0.1, 0.15) is 5.82 Å². The van der Waals surface area contributed by atoms with Gasteiger partial charge in [-0.05, 0) is 25.2 Å². The van der Waals surface area contributed by atoms with E-state index in [2.05, 4.69) is 14.5 Å². The van der Waals surface area contributed by atoms with E-state index < -0.39 is 0 Å². The van der Waals surface area contributed by atoms with Crippen molar-refractivity contribution >= 4 is 5.82 Å². The van der Waals surface area contributed by atoms with Crippen molar-refractivity contribution in [3.8, 4) is 0 Å². The van der Waals surface area contributed by atoms with E-state index in [9.17, 15) is 4.79 Å². The van der Waals surface area contributed by atoms with Crippen LogP contribution in [-0.2, 0) is 13.0 Å². The van der Waals surface area contributed by atoms with Crippen molar-refractivity contribution in [3.63, 3.8) is 0 Å². The summed E-state index contributed by atoms with van der Waals surface area (Å²) in [5, 5.41) is 0. The Morgan fingerprint density at radius 2 is 2.05 bits per heavy atom. The summed E-state index contributed by atoms with van der Waals surface area (Å²) in [6, 6.07) is 0.394. The first-order valence-corrected chi connectivity index (χ1v) is 8.00. The third-order valence-corrected chi connectivity index (χ3v) is 4.72. The summed E-state index contributed by atoms with van der Waals surface area (Å²) in [5.74, 6) is 2.28. The van der Waals surface area contributed by atoms with Crippen molar-refractivity contribution in [2.24, 2.45) is 5.92 Å². The standard InChI is InChI=1S/C16H21N5O/c1-19(10-12-2-5-14-17-6-8-20(14)11-12)15-16(22)21(9-7-18-15)13-3-4-13/h6-9,12-13H,2-5,10-11H2,1H3. The SMILES string of the molecule is CN(CC1CCc2nccn2C1)c1nccn(C2CC2)c1=O. The number of fused-ring (bicyclic) bond motifs is 1. The molecule has 2 aromatic heterocycles. The number of hydrogen-bond acceptors (Lipinski definition) is 4. The fourth-order valence-corrected chi connectivity index (χ4v) is 3.38. The first-order valence-electron chi connectivity index (χ1n) is 8.00. The number of rotatable bonds is 4. The molecule has 1 saturated carbocycles. The van der Waals surface area contributed by atoms with E-state index in [0.29, 0.717) is 17.8 Å². The lowest BCUT2D eigenvalue weighted by Gasteiger charge is -2.28. The predicted octanol–water partition coefficient (Wildman–Crippen LogP) is 1.47. The Morgan fingerprint density at radius 3 is 2.86 bits per heavy atom. The second-order valence-corrected chi connectivity index (χ2v) is 6.48. The molecule has 0 radical (unpaired) electrons. The second kappa shape index (κ2) is 5.26. The molecule has 1 atom stereocenters. The van der Waals surface area contributed by atoms with Crippen molar-refractivity contribution in [2.45, 2.75) is 38.3 Å². The maximum Gasteiger partial charge on any atom is 0.293 e. The monoisotopic (exact) mass is 299 g/mol. The Balaban J connectivity index is 1.50. The third-order valence-electron chi connectivity index (χ3n) is 4.72. The maximum absolute atomic E-state index is 12.5. The topological polar surface area (TPSA) is 56.0 Å². The Kier molecular flexibility index (Phi) is 3.24. The summed E-state index contributed by atoms with van der Waals surface area (Å²) in [4.78, 5) is 23.2. The number of aromatic nitrogens is 4. The molecule has 1 aliphatic carbocycles. The molecule has 116 valence electrons. The third kappa shape index (κ3) is 2.42. The summed E-state index contributed by atoms with van der Waals surface area (Å²) >= 11 is 0. The molecule has 2 aromatic rings. The van der Waals surface area contributed by atoms with Gasteiger partial charge < -0.3 is 14.0 Å². The number of nitrogens with zero attached hydrogens (tertiary/aromatic N) is 5. The van der Waals surface area contributed by atoms with Crippen LogP contribution in [0.5, 0.6) is 0 Å². The molecule has 0 N–H and O–H groups in total. The van der Waals surface area contributed by atoms with Gasteiger partial charge in [-0.3, -0.25) is 4.79 Å². The zero-order valence-corrected chi connectivity index (χ0v) is 12.9. The number of anilines is 1. The van der Waals surface area contributed by atoms with Crippen molar-refractivity contribution in [1.82, 2.24) is 19.1 Å². The van der Waals surface area contributed by atoms with E-state index in [0.717, 1.165) is 38.8 Å². The molecule has 1 aliphatic heterocycles. The number of hydrogen-bond donors (Lipinski definition) is 0. The Labute approximate surface area is 129 Å². The number of aryl methyl sites for hydroxylation is 1. The highest BCUT2D eigenvalue weighted by Crippen LogP contribution is 2.33. The van der Waals surface area contributed by atoms with Crippen LogP contribution < -0.4 is 10.5 Å². The minimum atomic E-state index is 0.0478.